The van der Waals surface area contributed by atoms with Gasteiger partial charge in [0.15, 0.2) is 0 Å². The van der Waals surface area contributed by atoms with Gasteiger partial charge in [-0.15, -0.1) is 13.2 Å². The van der Waals surface area contributed by atoms with Crippen LogP contribution in [0.25, 0.3) is 0 Å². The molecule has 2 rings (SSSR count). The van der Waals surface area contributed by atoms with E-state index in [-0.39, 0.29) is 0 Å². The number of hydrogen-bond donors (Lipinski definition) is 2. The van der Waals surface area contributed by atoms with E-state index in [0.717, 1.165) is 31.5 Å². The predicted molar refractivity (Wildman–Crippen MR) is 157 cm³/mol. The number of nitrogens with two attached hydrogens (primary N) is 1. The summed E-state index contributed by atoms with van der Waals surface area (Å²) in [4.78, 5) is 11.5. The van der Waals surface area contributed by atoms with Crippen LogP contribution in [0.15, 0.2) is 79.9 Å². The molecule has 0 spiro atoms. The number of halogens is 3. The summed E-state index contributed by atoms with van der Waals surface area (Å²) in [5.41, 5.74) is 8.59. The van der Waals surface area contributed by atoms with Gasteiger partial charge < -0.3 is 10.8 Å². The highest BCUT2D eigenvalue weighted by Gasteiger charge is 2.38. The van der Waals surface area contributed by atoms with E-state index in [0.29, 0.717) is 0 Å². The molecule has 3 N–H and O–H groups in total. The maximum absolute atomic E-state index is 10.6. The van der Waals surface area contributed by atoms with Crippen molar-refractivity contribution in [1.82, 2.24) is 4.90 Å². The van der Waals surface area contributed by atoms with E-state index in [1.165, 1.54) is 43.4 Å². The van der Waals surface area contributed by atoms with Crippen LogP contribution in [0.4, 0.5) is 13.2 Å². The van der Waals surface area contributed by atoms with Gasteiger partial charge in [0.1, 0.15) is 0 Å². The van der Waals surface area contributed by atoms with Crippen LogP contribution in [-0.4, -0.2) is 41.8 Å². The van der Waals surface area contributed by atoms with Crippen LogP contribution < -0.4 is 5.73 Å². The summed E-state index contributed by atoms with van der Waals surface area (Å²) in [5, 5.41) is 7.12. The van der Waals surface area contributed by atoms with Gasteiger partial charge in [-0.1, -0.05) is 88.9 Å². The SMILES string of the molecule is C=C.C=C/C=C\C(=C/C)CN(Cc1ccccc1)CC1CCC(CN)CC1.CC.CC.O=C(O)C(F)(F)F. The quantitative estimate of drug-likeness (QED) is 0.244. The lowest BCUT2D eigenvalue weighted by Crippen LogP contribution is -2.33. The monoisotopic (exact) mass is 540 g/mol. The fourth-order valence-electron chi connectivity index (χ4n) is 3.73. The van der Waals surface area contributed by atoms with E-state index >= 15 is 0 Å². The molecule has 7 heteroatoms. The number of rotatable bonds is 9. The standard InChI is InChI=1S/C23H34N2.C2HF3O2.2C2H6.C2H4/c1-3-5-9-20(4-2)17-25(18-22-10-7-6-8-11-22)19-23-14-12-21(16-24)13-15-23;3-2(4,5)1(6)7;3*1-2/h3-11,21,23H,1,12-19,24H2,2H3;(H,6,7);2*1-2H3;1-2H2/b9-5-,20-4+;;;;. The normalized spacial score (nSPS) is 16.8. The third-order valence-corrected chi connectivity index (χ3v) is 5.53. The van der Waals surface area contributed by atoms with E-state index in [4.69, 9.17) is 15.6 Å². The highest BCUT2D eigenvalue weighted by Crippen LogP contribution is 2.29. The summed E-state index contributed by atoms with van der Waals surface area (Å²) in [6.07, 6.45) is 8.42. The topological polar surface area (TPSA) is 66.6 Å². The second-order valence-electron chi connectivity index (χ2n) is 8.04. The number of carboxylic acid groups (broad SMARTS) is 1. The molecule has 1 aliphatic rings. The van der Waals surface area contributed by atoms with E-state index in [1.54, 1.807) is 0 Å². The Morgan fingerprint density at radius 3 is 1.92 bits per heavy atom. The molecule has 0 bridgehead atoms. The first-order valence-corrected chi connectivity index (χ1v) is 13.4. The number of carbonyl (C=O) groups is 1. The molecule has 0 unspecified atom stereocenters. The summed E-state index contributed by atoms with van der Waals surface area (Å²) in [6.45, 7) is 23.9. The summed E-state index contributed by atoms with van der Waals surface area (Å²) >= 11 is 0. The Morgan fingerprint density at radius 2 is 1.53 bits per heavy atom. The average Bonchev–Trinajstić information content (AvgIpc) is 2.95. The average molecular weight is 541 g/mol. The smallest absolute Gasteiger partial charge is 0.475 e. The van der Waals surface area contributed by atoms with Crippen molar-refractivity contribution < 1.29 is 23.1 Å². The molecule has 0 radical (unpaired) electrons. The third-order valence-electron chi connectivity index (χ3n) is 5.53. The molecule has 0 heterocycles. The molecule has 0 atom stereocenters. The third kappa shape index (κ3) is 20.4. The zero-order valence-electron chi connectivity index (χ0n) is 24.1. The van der Waals surface area contributed by atoms with Crippen molar-refractivity contribution in [2.75, 3.05) is 19.6 Å². The molecule has 38 heavy (non-hydrogen) atoms. The number of nitrogens with zero attached hydrogens (tertiary/aromatic N) is 1. The van der Waals surface area contributed by atoms with Crippen molar-refractivity contribution in [3.63, 3.8) is 0 Å². The molecule has 1 aromatic rings. The highest BCUT2D eigenvalue weighted by molar-refractivity contribution is 5.73. The van der Waals surface area contributed by atoms with Gasteiger partial charge >= 0.3 is 12.1 Å². The van der Waals surface area contributed by atoms with Crippen molar-refractivity contribution in [2.45, 2.75) is 73.0 Å². The Kier molecular flexibility index (Phi) is 27.3. The van der Waals surface area contributed by atoms with Gasteiger partial charge in [-0.25, -0.2) is 4.79 Å². The van der Waals surface area contributed by atoms with Gasteiger partial charge in [0.2, 0.25) is 0 Å². The second-order valence-corrected chi connectivity index (χ2v) is 8.04. The maximum atomic E-state index is 10.6. The Morgan fingerprint density at radius 1 is 1.05 bits per heavy atom. The van der Waals surface area contributed by atoms with E-state index in [2.05, 4.69) is 74.0 Å². The van der Waals surface area contributed by atoms with Crippen molar-refractivity contribution in [2.24, 2.45) is 17.6 Å². The van der Waals surface area contributed by atoms with Gasteiger partial charge in [-0.3, -0.25) is 4.90 Å². The van der Waals surface area contributed by atoms with Crippen molar-refractivity contribution >= 4 is 5.97 Å². The van der Waals surface area contributed by atoms with Crippen LogP contribution in [0.3, 0.4) is 0 Å². The lowest BCUT2D eigenvalue weighted by Gasteiger charge is -2.32. The minimum Gasteiger partial charge on any atom is -0.475 e. The lowest BCUT2D eigenvalue weighted by atomic mass is 9.82. The molecule has 0 aromatic heterocycles. The van der Waals surface area contributed by atoms with E-state index < -0.39 is 12.1 Å². The number of allylic oxidation sites excluding steroid dienone is 3. The first-order chi connectivity index (χ1) is 18.2. The van der Waals surface area contributed by atoms with Gasteiger partial charge in [-0.2, -0.15) is 13.2 Å². The molecular formula is C31H51F3N2O2. The number of aliphatic carboxylic acids is 1. The van der Waals surface area contributed by atoms with Gasteiger partial charge in [0.25, 0.3) is 0 Å². The summed E-state index contributed by atoms with van der Waals surface area (Å²) in [6, 6.07) is 10.8. The first kappa shape index (κ1) is 39.9. The molecular weight excluding hydrogens is 489 g/mol. The Labute approximate surface area is 229 Å². The van der Waals surface area contributed by atoms with Gasteiger partial charge in [0, 0.05) is 19.6 Å². The molecule has 1 fully saturated rings. The molecule has 1 aromatic carbocycles. The zero-order chi connectivity index (χ0) is 30.0. The van der Waals surface area contributed by atoms with Crippen molar-refractivity contribution in [3.05, 3.63) is 85.5 Å². The lowest BCUT2D eigenvalue weighted by molar-refractivity contribution is -0.192. The van der Waals surface area contributed by atoms with Crippen LogP contribution in [0, 0.1) is 11.8 Å². The number of benzene rings is 1. The second kappa shape index (κ2) is 26.0. The molecule has 0 saturated heterocycles. The molecule has 1 aliphatic carbocycles. The van der Waals surface area contributed by atoms with Crippen LogP contribution in [-0.2, 0) is 11.3 Å². The van der Waals surface area contributed by atoms with Crippen LogP contribution in [0.2, 0.25) is 0 Å². The largest absolute Gasteiger partial charge is 0.490 e. The van der Waals surface area contributed by atoms with Gasteiger partial charge in [0.05, 0.1) is 0 Å². The fourth-order valence-corrected chi connectivity index (χ4v) is 3.73. The molecule has 0 amide bonds. The molecule has 218 valence electrons. The minimum absolute atomic E-state index is 0.750. The number of hydrogen-bond acceptors (Lipinski definition) is 3. The summed E-state index contributed by atoms with van der Waals surface area (Å²) < 4.78 is 31.7. The Balaban J connectivity index is -0.000000797. The van der Waals surface area contributed by atoms with Crippen LogP contribution in [0.1, 0.15) is 65.9 Å². The van der Waals surface area contributed by atoms with Crippen molar-refractivity contribution in [1.29, 1.82) is 0 Å². The Bertz CT molecular complexity index is 754. The maximum Gasteiger partial charge on any atom is 0.490 e. The summed E-state index contributed by atoms with van der Waals surface area (Å²) in [7, 11) is 0. The van der Waals surface area contributed by atoms with E-state index in [1.807, 2.05) is 39.8 Å². The van der Waals surface area contributed by atoms with Crippen LogP contribution in [0.5, 0.6) is 0 Å². The van der Waals surface area contributed by atoms with Crippen LogP contribution >= 0.6 is 0 Å². The highest BCUT2D eigenvalue weighted by atomic mass is 19.4. The zero-order valence-corrected chi connectivity index (χ0v) is 24.1. The number of carboxylic acids is 1. The Hall–Kier alpha value is -2.64. The van der Waals surface area contributed by atoms with Crippen molar-refractivity contribution in [3.8, 4) is 0 Å². The minimum atomic E-state index is -5.08. The van der Waals surface area contributed by atoms with E-state index in [9.17, 15) is 13.2 Å². The number of alkyl halides is 3. The fraction of sp³-hybridized carbons (Fsp3) is 0.516. The van der Waals surface area contributed by atoms with Gasteiger partial charge in [-0.05, 0) is 62.1 Å². The summed E-state index contributed by atoms with van der Waals surface area (Å²) in [5.74, 6) is -1.21. The molecule has 1 saturated carbocycles. The molecule has 0 aliphatic heterocycles. The molecule has 4 nitrogen and oxygen atoms in total. The first-order valence-electron chi connectivity index (χ1n) is 13.4. The predicted octanol–water partition coefficient (Wildman–Crippen LogP) is 8.43.